The van der Waals surface area contributed by atoms with E-state index in [0.717, 1.165) is 89.9 Å². The summed E-state index contributed by atoms with van der Waals surface area (Å²) in [6.45, 7) is 4.97. The fourth-order valence-electron chi connectivity index (χ4n) is 11.9. The molecule has 0 saturated carbocycles. The number of aliphatic hydroxyl groups excluding tert-OH is 1. The Balaban J connectivity index is 5.19. The number of phosphoric ester groups is 2. The van der Waals surface area contributed by atoms with Crippen molar-refractivity contribution in [3.8, 4) is 0 Å². The first kappa shape index (κ1) is 94.1. The first-order valence-corrected chi connectivity index (χ1v) is 43.3. The van der Waals surface area contributed by atoms with E-state index < -0.39 is 97.5 Å². The van der Waals surface area contributed by atoms with Gasteiger partial charge in [-0.3, -0.25) is 37.3 Å². The van der Waals surface area contributed by atoms with Crippen molar-refractivity contribution in [3.05, 3.63) is 0 Å². The smallest absolute Gasteiger partial charge is 0.462 e. The highest BCUT2D eigenvalue weighted by Crippen LogP contribution is 2.45. The van der Waals surface area contributed by atoms with Gasteiger partial charge in [0.25, 0.3) is 0 Å². The van der Waals surface area contributed by atoms with E-state index in [1.165, 1.54) is 244 Å². The molecule has 19 heteroatoms. The lowest BCUT2D eigenvalue weighted by molar-refractivity contribution is -0.161. The van der Waals surface area contributed by atoms with E-state index in [2.05, 4.69) is 27.7 Å². The maximum atomic E-state index is 13.1. The number of aliphatic hydroxyl groups is 1. The van der Waals surface area contributed by atoms with Crippen molar-refractivity contribution in [3.63, 3.8) is 0 Å². The SMILES string of the molecule is CCCCCCCCCCCCCCCCCCCCCCC(=O)O[C@H](COC(=O)CCCCCCCCCCCCCCCCCC)COP(=O)(O)OC[C@@H](O)COP(=O)(O)OC[C@@H](COC(=O)CCCCCCCCCC)OC(=O)CCCCCCCCCCCCCC. The number of rotatable bonds is 78. The summed E-state index contributed by atoms with van der Waals surface area (Å²) in [5.41, 5.74) is 0. The van der Waals surface area contributed by atoms with Gasteiger partial charge in [-0.05, 0) is 25.7 Å². The predicted octanol–water partition coefficient (Wildman–Crippen LogP) is 23.0. The molecular weight excluding hydrogens is 1260 g/mol. The zero-order chi connectivity index (χ0) is 70.4. The van der Waals surface area contributed by atoms with Crippen LogP contribution in [0.1, 0.15) is 413 Å². The van der Waals surface area contributed by atoms with Crippen molar-refractivity contribution in [2.75, 3.05) is 39.6 Å². The van der Waals surface area contributed by atoms with E-state index in [4.69, 9.17) is 37.0 Å². The zero-order valence-electron chi connectivity index (χ0n) is 62.4. The minimum atomic E-state index is -4.96. The number of carbonyl (C=O) groups is 4. The van der Waals surface area contributed by atoms with Crippen molar-refractivity contribution in [2.24, 2.45) is 0 Å². The topological polar surface area (TPSA) is 237 Å². The lowest BCUT2D eigenvalue weighted by atomic mass is 10.0. The molecular formula is C77H150O17P2. The summed E-state index contributed by atoms with van der Waals surface area (Å²) in [5.74, 6) is -2.11. The van der Waals surface area contributed by atoms with E-state index in [9.17, 15) is 43.2 Å². The van der Waals surface area contributed by atoms with Gasteiger partial charge in [0, 0.05) is 25.7 Å². The van der Waals surface area contributed by atoms with Crippen LogP contribution in [0.5, 0.6) is 0 Å². The van der Waals surface area contributed by atoms with Crippen molar-refractivity contribution in [1.29, 1.82) is 0 Å². The summed E-state index contributed by atoms with van der Waals surface area (Å²) < 4.78 is 68.5. The van der Waals surface area contributed by atoms with Crippen molar-refractivity contribution in [1.82, 2.24) is 0 Å². The second kappa shape index (κ2) is 71.5. The normalized spacial score (nSPS) is 13.9. The second-order valence-electron chi connectivity index (χ2n) is 27.7. The van der Waals surface area contributed by atoms with E-state index in [-0.39, 0.29) is 25.7 Å². The molecule has 0 spiro atoms. The zero-order valence-corrected chi connectivity index (χ0v) is 64.1. The second-order valence-corrected chi connectivity index (χ2v) is 30.7. The third-order valence-corrected chi connectivity index (χ3v) is 20.0. The summed E-state index contributed by atoms with van der Waals surface area (Å²) in [4.78, 5) is 72.7. The van der Waals surface area contributed by atoms with Crippen LogP contribution in [0.25, 0.3) is 0 Å². The molecule has 0 saturated heterocycles. The first-order valence-electron chi connectivity index (χ1n) is 40.3. The van der Waals surface area contributed by atoms with E-state index in [1.54, 1.807) is 0 Å². The number of hydrogen-bond donors (Lipinski definition) is 3. The largest absolute Gasteiger partial charge is 0.472 e. The molecule has 0 amide bonds. The average molecular weight is 1410 g/mol. The summed E-state index contributed by atoms with van der Waals surface area (Å²) in [6.07, 6.45) is 62.5. The summed E-state index contributed by atoms with van der Waals surface area (Å²) >= 11 is 0. The first-order chi connectivity index (χ1) is 46.7. The summed E-state index contributed by atoms with van der Waals surface area (Å²) in [5, 5.41) is 10.6. The van der Waals surface area contributed by atoms with Gasteiger partial charge in [0.05, 0.1) is 26.4 Å². The van der Waals surface area contributed by atoms with Gasteiger partial charge in [-0.25, -0.2) is 9.13 Å². The van der Waals surface area contributed by atoms with Crippen molar-refractivity contribution in [2.45, 2.75) is 431 Å². The van der Waals surface area contributed by atoms with Crippen LogP contribution in [0.15, 0.2) is 0 Å². The van der Waals surface area contributed by atoms with Gasteiger partial charge in [0.1, 0.15) is 19.3 Å². The number of esters is 4. The number of ether oxygens (including phenoxy) is 4. The average Bonchev–Trinajstić information content (AvgIpc) is 1.58. The van der Waals surface area contributed by atoms with Crippen LogP contribution in [0, 0.1) is 0 Å². The van der Waals surface area contributed by atoms with Crippen LogP contribution in [0.4, 0.5) is 0 Å². The van der Waals surface area contributed by atoms with Crippen LogP contribution >= 0.6 is 15.6 Å². The Labute approximate surface area is 588 Å². The fraction of sp³-hybridized carbons (Fsp3) is 0.948. The highest BCUT2D eigenvalue weighted by Gasteiger charge is 2.30. The van der Waals surface area contributed by atoms with E-state index in [0.29, 0.717) is 25.7 Å². The van der Waals surface area contributed by atoms with Crippen LogP contribution in [-0.2, 0) is 65.4 Å². The number of unbranched alkanes of at least 4 members (excludes halogenated alkanes) is 52. The molecule has 5 atom stereocenters. The maximum absolute atomic E-state index is 13.1. The molecule has 2 unspecified atom stereocenters. The molecule has 0 aliphatic rings. The molecule has 0 aromatic heterocycles. The predicted molar refractivity (Wildman–Crippen MR) is 391 cm³/mol. The molecule has 0 aromatic carbocycles. The molecule has 570 valence electrons. The quantitative estimate of drug-likeness (QED) is 0.0222. The Bertz CT molecular complexity index is 1830. The Morgan fingerprint density at radius 3 is 0.615 bits per heavy atom. The lowest BCUT2D eigenvalue weighted by Crippen LogP contribution is -2.30. The number of carbonyl (C=O) groups excluding carboxylic acids is 4. The fourth-order valence-corrected chi connectivity index (χ4v) is 13.5. The Morgan fingerprint density at radius 1 is 0.250 bits per heavy atom. The monoisotopic (exact) mass is 1410 g/mol. The standard InChI is InChI=1S/C77H150O17P2/c1-5-9-13-17-21-25-28-31-33-35-36-37-38-40-42-45-48-52-56-60-64-77(82)94-73(68-88-75(80)62-58-54-50-46-44-41-39-34-32-29-26-22-18-14-10-6-2)70-92-96(85,86)90-66-71(78)65-89-95(83,84)91-69-72(67-87-74(79)61-57-53-49-24-20-16-12-8-4)93-76(81)63-59-55-51-47-43-30-27-23-19-15-11-7-3/h71-73,78H,5-70H2,1-4H3,(H,83,84)(H,85,86)/t71-,72+,73+/m0/s1. The highest BCUT2D eigenvalue weighted by molar-refractivity contribution is 7.47. The van der Waals surface area contributed by atoms with E-state index in [1.807, 2.05) is 0 Å². The van der Waals surface area contributed by atoms with Gasteiger partial charge in [-0.1, -0.05) is 362 Å². The number of hydrogen-bond acceptors (Lipinski definition) is 15. The molecule has 0 aliphatic carbocycles. The van der Waals surface area contributed by atoms with Crippen LogP contribution in [-0.4, -0.2) is 96.7 Å². The summed E-state index contributed by atoms with van der Waals surface area (Å²) in [7, 11) is -9.91. The maximum Gasteiger partial charge on any atom is 0.472 e. The molecule has 0 bridgehead atoms. The Hall–Kier alpha value is -1.94. The van der Waals surface area contributed by atoms with Gasteiger partial charge in [0.2, 0.25) is 0 Å². The van der Waals surface area contributed by atoms with Crippen molar-refractivity contribution < 1.29 is 80.2 Å². The lowest BCUT2D eigenvalue weighted by Gasteiger charge is -2.21. The molecule has 3 N–H and O–H groups in total. The third-order valence-electron chi connectivity index (χ3n) is 18.1. The van der Waals surface area contributed by atoms with Crippen LogP contribution in [0.2, 0.25) is 0 Å². The molecule has 0 radical (unpaired) electrons. The molecule has 0 heterocycles. The van der Waals surface area contributed by atoms with Gasteiger partial charge < -0.3 is 33.8 Å². The molecule has 0 aliphatic heterocycles. The van der Waals surface area contributed by atoms with Gasteiger partial charge in [-0.2, -0.15) is 0 Å². The molecule has 0 rings (SSSR count). The van der Waals surface area contributed by atoms with E-state index >= 15 is 0 Å². The summed E-state index contributed by atoms with van der Waals surface area (Å²) in [6, 6.07) is 0. The Kier molecular flexibility index (Phi) is 70.0. The van der Waals surface area contributed by atoms with Crippen LogP contribution in [0.3, 0.4) is 0 Å². The minimum absolute atomic E-state index is 0.108. The van der Waals surface area contributed by atoms with Gasteiger partial charge >= 0.3 is 39.5 Å². The molecule has 96 heavy (non-hydrogen) atoms. The van der Waals surface area contributed by atoms with Crippen molar-refractivity contribution >= 4 is 39.5 Å². The Morgan fingerprint density at radius 2 is 0.417 bits per heavy atom. The molecule has 0 fully saturated rings. The molecule has 0 aromatic rings. The minimum Gasteiger partial charge on any atom is -0.462 e. The highest BCUT2D eigenvalue weighted by atomic mass is 31.2. The van der Waals surface area contributed by atoms with Gasteiger partial charge in [0.15, 0.2) is 12.2 Å². The third kappa shape index (κ3) is 70.5. The molecule has 17 nitrogen and oxygen atoms in total. The number of phosphoric acid groups is 2. The van der Waals surface area contributed by atoms with Crippen LogP contribution < -0.4 is 0 Å². The van der Waals surface area contributed by atoms with Gasteiger partial charge in [-0.15, -0.1) is 0 Å².